The molecule has 1 heterocycles. The lowest BCUT2D eigenvalue weighted by molar-refractivity contribution is 0.804. The smallest absolute Gasteiger partial charge is 0.191 e. The van der Waals surface area contributed by atoms with Crippen LogP contribution < -0.4 is 10.6 Å². The molecule has 0 atom stereocenters. The van der Waals surface area contributed by atoms with E-state index in [0.717, 1.165) is 18.2 Å². The van der Waals surface area contributed by atoms with Crippen LogP contribution >= 0.6 is 24.0 Å². The van der Waals surface area contributed by atoms with Gasteiger partial charge in [-0.15, -0.1) is 24.0 Å². The van der Waals surface area contributed by atoms with Crippen LogP contribution in [-0.4, -0.2) is 33.8 Å². The van der Waals surface area contributed by atoms with Gasteiger partial charge in [0.25, 0.3) is 0 Å². The summed E-state index contributed by atoms with van der Waals surface area (Å²) < 4.78 is 1.74. The Bertz CT molecular complexity index is 574. The maximum atomic E-state index is 4.21. The molecule has 1 aliphatic carbocycles. The van der Waals surface area contributed by atoms with Gasteiger partial charge in [0.2, 0.25) is 0 Å². The van der Waals surface area contributed by atoms with Gasteiger partial charge in [-0.1, -0.05) is 12.1 Å². The van der Waals surface area contributed by atoms with E-state index in [1.165, 1.54) is 24.7 Å². The minimum atomic E-state index is 0. The van der Waals surface area contributed by atoms with E-state index in [1.807, 2.05) is 12.1 Å². The first kappa shape index (κ1) is 15.7. The lowest BCUT2D eigenvalue weighted by Crippen LogP contribution is -2.38. The van der Waals surface area contributed by atoms with Crippen LogP contribution in [0.3, 0.4) is 0 Å². The van der Waals surface area contributed by atoms with Gasteiger partial charge in [0.05, 0.1) is 5.69 Å². The van der Waals surface area contributed by atoms with Crippen molar-refractivity contribution in [3.8, 4) is 5.69 Å². The maximum absolute atomic E-state index is 4.21. The van der Waals surface area contributed by atoms with Gasteiger partial charge in [-0.05, 0) is 30.5 Å². The van der Waals surface area contributed by atoms with Crippen molar-refractivity contribution in [2.45, 2.75) is 25.4 Å². The second-order valence-electron chi connectivity index (χ2n) is 4.85. The fraction of sp³-hybridized carbons (Fsp3) is 0.357. The summed E-state index contributed by atoms with van der Waals surface area (Å²) in [5, 5.41) is 10.8. The third kappa shape index (κ3) is 4.42. The number of hydrogen-bond donors (Lipinski definition) is 2. The molecule has 112 valence electrons. The predicted molar refractivity (Wildman–Crippen MR) is 93.1 cm³/mol. The molecule has 0 amide bonds. The van der Waals surface area contributed by atoms with E-state index < -0.39 is 0 Å². The van der Waals surface area contributed by atoms with Gasteiger partial charge in [0.1, 0.15) is 12.7 Å². The Kier molecular flexibility index (Phi) is 5.54. The van der Waals surface area contributed by atoms with Crippen molar-refractivity contribution in [3.63, 3.8) is 0 Å². The number of nitrogens with one attached hydrogen (secondary N) is 2. The van der Waals surface area contributed by atoms with Crippen LogP contribution in [0.2, 0.25) is 0 Å². The van der Waals surface area contributed by atoms with E-state index in [1.54, 1.807) is 18.1 Å². The number of rotatable bonds is 4. The normalized spacial score (nSPS) is 14.4. The van der Waals surface area contributed by atoms with E-state index in [-0.39, 0.29) is 24.0 Å². The van der Waals surface area contributed by atoms with Crippen molar-refractivity contribution in [2.75, 3.05) is 7.05 Å². The van der Waals surface area contributed by atoms with Gasteiger partial charge in [0.15, 0.2) is 5.96 Å². The third-order valence-corrected chi connectivity index (χ3v) is 3.22. The zero-order chi connectivity index (χ0) is 13.8. The maximum Gasteiger partial charge on any atom is 0.191 e. The summed E-state index contributed by atoms with van der Waals surface area (Å²) >= 11 is 0. The minimum absolute atomic E-state index is 0. The highest BCUT2D eigenvalue weighted by molar-refractivity contribution is 14.0. The fourth-order valence-electron chi connectivity index (χ4n) is 1.91. The molecule has 2 aromatic rings. The van der Waals surface area contributed by atoms with Gasteiger partial charge in [-0.25, -0.2) is 9.67 Å². The number of halogens is 1. The second-order valence-corrected chi connectivity index (χ2v) is 4.85. The van der Waals surface area contributed by atoms with Crippen LogP contribution in [0.15, 0.2) is 41.9 Å². The van der Waals surface area contributed by atoms with Crippen molar-refractivity contribution < 1.29 is 0 Å². The summed E-state index contributed by atoms with van der Waals surface area (Å²) in [4.78, 5) is 8.15. The molecule has 1 aromatic heterocycles. The molecular weight excluding hydrogens is 379 g/mol. The highest BCUT2D eigenvalue weighted by atomic mass is 127. The SMILES string of the molecule is CN=C(NCc1ccc(-n2cncn2)cc1)NC1CC1.I. The van der Waals surface area contributed by atoms with Crippen molar-refractivity contribution in [1.29, 1.82) is 0 Å². The average Bonchev–Trinajstić information content (AvgIpc) is 3.14. The molecule has 0 bridgehead atoms. The zero-order valence-corrected chi connectivity index (χ0v) is 14.2. The van der Waals surface area contributed by atoms with Crippen LogP contribution in [0.4, 0.5) is 0 Å². The Morgan fingerprint density at radius 1 is 1.33 bits per heavy atom. The number of aromatic nitrogens is 3. The summed E-state index contributed by atoms with van der Waals surface area (Å²) in [6.07, 6.45) is 5.71. The molecule has 1 aliphatic rings. The van der Waals surface area contributed by atoms with Crippen LogP contribution in [0.25, 0.3) is 5.69 Å². The van der Waals surface area contributed by atoms with Gasteiger partial charge in [-0.2, -0.15) is 5.10 Å². The molecule has 0 aliphatic heterocycles. The quantitative estimate of drug-likeness (QED) is 0.468. The molecule has 2 N–H and O–H groups in total. The Hall–Kier alpha value is -1.64. The number of nitrogens with zero attached hydrogens (tertiary/aromatic N) is 4. The van der Waals surface area contributed by atoms with Crippen molar-refractivity contribution in [3.05, 3.63) is 42.5 Å². The van der Waals surface area contributed by atoms with E-state index in [9.17, 15) is 0 Å². The first-order chi connectivity index (χ1) is 9.85. The first-order valence-electron chi connectivity index (χ1n) is 6.76. The minimum Gasteiger partial charge on any atom is -0.354 e. The molecule has 3 rings (SSSR count). The molecule has 0 saturated heterocycles. The summed E-state index contributed by atoms with van der Waals surface area (Å²) in [7, 11) is 1.80. The second kappa shape index (κ2) is 7.39. The number of aliphatic imine (C=N–C) groups is 1. The molecule has 1 aromatic carbocycles. The first-order valence-corrected chi connectivity index (χ1v) is 6.76. The van der Waals surface area contributed by atoms with E-state index in [2.05, 4.69) is 37.8 Å². The Balaban J connectivity index is 0.00000161. The summed E-state index contributed by atoms with van der Waals surface area (Å²) in [6, 6.07) is 8.82. The van der Waals surface area contributed by atoms with Gasteiger partial charge >= 0.3 is 0 Å². The molecule has 6 nitrogen and oxygen atoms in total. The highest BCUT2D eigenvalue weighted by Crippen LogP contribution is 2.18. The van der Waals surface area contributed by atoms with Crippen LogP contribution in [-0.2, 0) is 6.54 Å². The Labute approximate surface area is 141 Å². The molecule has 0 radical (unpaired) electrons. The fourth-order valence-corrected chi connectivity index (χ4v) is 1.91. The number of benzene rings is 1. The molecule has 7 heteroatoms. The summed E-state index contributed by atoms with van der Waals surface area (Å²) in [5.74, 6) is 0.868. The molecule has 21 heavy (non-hydrogen) atoms. The number of hydrogen-bond acceptors (Lipinski definition) is 3. The van der Waals surface area contributed by atoms with Gasteiger partial charge < -0.3 is 10.6 Å². The zero-order valence-electron chi connectivity index (χ0n) is 11.9. The Morgan fingerprint density at radius 2 is 2.10 bits per heavy atom. The molecule has 1 fully saturated rings. The largest absolute Gasteiger partial charge is 0.354 e. The van der Waals surface area contributed by atoms with E-state index in [4.69, 9.17) is 0 Å². The molecular formula is C14H19IN6. The predicted octanol–water partition coefficient (Wildman–Crippen LogP) is 1.71. The van der Waals surface area contributed by atoms with E-state index in [0.29, 0.717) is 6.04 Å². The van der Waals surface area contributed by atoms with Crippen molar-refractivity contribution in [2.24, 2.45) is 4.99 Å². The number of guanidine groups is 1. The van der Waals surface area contributed by atoms with Crippen LogP contribution in [0, 0.1) is 0 Å². The Morgan fingerprint density at radius 3 is 2.67 bits per heavy atom. The monoisotopic (exact) mass is 398 g/mol. The van der Waals surface area contributed by atoms with Gasteiger partial charge in [-0.3, -0.25) is 4.99 Å². The lowest BCUT2D eigenvalue weighted by Gasteiger charge is -2.11. The van der Waals surface area contributed by atoms with E-state index >= 15 is 0 Å². The standard InChI is InChI=1S/C14H18N6.HI/c1-15-14(19-12-4-5-12)17-8-11-2-6-13(7-3-11)20-10-16-9-18-20;/h2-3,6-7,9-10,12H,4-5,8H2,1H3,(H2,15,17,19);1H. The summed E-state index contributed by atoms with van der Waals surface area (Å²) in [5.41, 5.74) is 2.21. The average molecular weight is 398 g/mol. The van der Waals surface area contributed by atoms with Crippen LogP contribution in [0.1, 0.15) is 18.4 Å². The molecule has 0 spiro atoms. The van der Waals surface area contributed by atoms with Gasteiger partial charge in [0, 0.05) is 19.6 Å². The topological polar surface area (TPSA) is 67.1 Å². The van der Waals surface area contributed by atoms with Crippen molar-refractivity contribution in [1.82, 2.24) is 25.4 Å². The lowest BCUT2D eigenvalue weighted by atomic mass is 10.2. The van der Waals surface area contributed by atoms with Crippen LogP contribution in [0.5, 0.6) is 0 Å². The summed E-state index contributed by atoms with van der Waals surface area (Å²) in [6.45, 7) is 0.754. The third-order valence-electron chi connectivity index (χ3n) is 3.22. The highest BCUT2D eigenvalue weighted by Gasteiger charge is 2.21. The molecule has 0 unspecified atom stereocenters. The molecule has 1 saturated carbocycles. The van der Waals surface area contributed by atoms with Crippen molar-refractivity contribution >= 4 is 29.9 Å².